The normalized spacial score (nSPS) is 18.3. The molecule has 6 nitrogen and oxygen atoms in total. The zero-order chi connectivity index (χ0) is 18.7. The van der Waals surface area contributed by atoms with Crippen LogP contribution in [0.4, 0.5) is 0 Å². The lowest BCUT2D eigenvalue weighted by molar-refractivity contribution is 0.264. The third-order valence-electron chi connectivity index (χ3n) is 4.34. The standard InChI is InChI=1S/C18H18ClN3O3S/c1-25-17-5-3-2-4-14(17)16-12-21-8-9-22(16)26(23,24)18-7-6-13(11-20)10-15(18)19/h2-7,10,16,21H,8-9,12H2,1H3. The Morgan fingerprint density at radius 1 is 1.31 bits per heavy atom. The minimum absolute atomic E-state index is 0.0000328. The molecule has 8 heteroatoms. The summed E-state index contributed by atoms with van der Waals surface area (Å²) in [6.45, 7) is 1.31. The Balaban J connectivity index is 2.06. The lowest BCUT2D eigenvalue weighted by Crippen LogP contribution is -2.48. The van der Waals surface area contributed by atoms with Crippen LogP contribution in [0.3, 0.4) is 0 Å². The first-order valence-electron chi connectivity index (χ1n) is 8.04. The van der Waals surface area contributed by atoms with E-state index in [1.807, 2.05) is 30.3 Å². The van der Waals surface area contributed by atoms with Crippen molar-refractivity contribution in [3.63, 3.8) is 0 Å². The van der Waals surface area contributed by atoms with Gasteiger partial charge in [-0.25, -0.2) is 8.42 Å². The van der Waals surface area contributed by atoms with Gasteiger partial charge in [0.05, 0.1) is 29.8 Å². The molecule has 1 aliphatic rings. The highest BCUT2D eigenvalue weighted by atomic mass is 35.5. The molecule has 0 aliphatic carbocycles. The third-order valence-corrected chi connectivity index (χ3v) is 6.73. The number of sulfonamides is 1. The van der Waals surface area contributed by atoms with E-state index < -0.39 is 16.1 Å². The average Bonchev–Trinajstić information content (AvgIpc) is 2.67. The largest absolute Gasteiger partial charge is 0.496 e. The first kappa shape index (κ1) is 18.7. The van der Waals surface area contributed by atoms with E-state index in [1.165, 1.54) is 22.5 Å². The number of nitriles is 1. The Bertz CT molecular complexity index is 956. The highest BCUT2D eigenvalue weighted by Gasteiger charge is 2.36. The maximum absolute atomic E-state index is 13.3. The molecule has 3 rings (SSSR count). The summed E-state index contributed by atoms with van der Waals surface area (Å²) in [6, 6.07) is 13.1. The summed E-state index contributed by atoms with van der Waals surface area (Å²) in [5.74, 6) is 0.632. The number of piperazine rings is 1. The molecule has 1 N–H and O–H groups in total. The van der Waals surface area contributed by atoms with Gasteiger partial charge in [0, 0.05) is 25.2 Å². The molecule has 2 aromatic carbocycles. The number of methoxy groups -OCH3 is 1. The maximum Gasteiger partial charge on any atom is 0.245 e. The highest BCUT2D eigenvalue weighted by molar-refractivity contribution is 7.89. The van der Waals surface area contributed by atoms with E-state index in [0.29, 0.717) is 30.9 Å². The van der Waals surface area contributed by atoms with Crippen molar-refractivity contribution in [3.8, 4) is 11.8 Å². The van der Waals surface area contributed by atoms with E-state index in [-0.39, 0.29) is 9.92 Å². The number of benzene rings is 2. The fourth-order valence-corrected chi connectivity index (χ4v) is 5.21. The zero-order valence-electron chi connectivity index (χ0n) is 14.1. The van der Waals surface area contributed by atoms with E-state index in [2.05, 4.69) is 5.32 Å². The number of hydrogen-bond donors (Lipinski definition) is 1. The van der Waals surface area contributed by atoms with Crippen LogP contribution in [0.15, 0.2) is 47.4 Å². The molecular weight excluding hydrogens is 374 g/mol. The van der Waals surface area contributed by atoms with E-state index >= 15 is 0 Å². The van der Waals surface area contributed by atoms with Crippen LogP contribution in [0.2, 0.25) is 5.02 Å². The predicted molar refractivity (Wildman–Crippen MR) is 98.7 cm³/mol. The van der Waals surface area contributed by atoms with E-state index in [4.69, 9.17) is 21.6 Å². The van der Waals surface area contributed by atoms with Crippen molar-refractivity contribution in [3.05, 3.63) is 58.6 Å². The number of halogens is 1. The molecule has 136 valence electrons. The van der Waals surface area contributed by atoms with Crippen LogP contribution in [-0.4, -0.2) is 39.5 Å². The van der Waals surface area contributed by atoms with Crippen molar-refractivity contribution in [2.75, 3.05) is 26.7 Å². The fraction of sp³-hybridized carbons (Fsp3) is 0.278. The summed E-state index contributed by atoms with van der Waals surface area (Å²) in [6.07, 6.45) is 0. The van der Waals surface area contributed by atoms with Crippen LogP contribution in [-0.2, 0) is 10.0 Å². The van der Waals surface area contributed by atoms with Gasteiger partial charge >= 0.3 is 0 Å². The molecule has 2 aromatic rings. The van der Waals surface area contributed by atoms with Gasteiger partial charge in [-0.2, -0.15) is 9.57 Å². The van der Waals surface area contributed by atoms with Crippen LogP contribution in [0, 0.1) is 11.3 Å². The van der Waals surface area contributed by atoms with Crippen LogP contribution >= 0.6 is 11.6 Å². The van der Waals surface area contributed by atoms with Crippen molar-refractivity contribution >= 4 is 21.6 Å². The number of nitrogens with one attached hydrogen (secondary N) is 1. The second kappa shape index (κ2) is 7.64. The van der Waals surface area contributed by atoms with Gasteiger partial charge in [0.25, 0.3) is 0 Å². The molecule has 0 saturated carbocycles. The van der Waals surface area contributed by atoms with Crippen LogP contribution in [0.1, 0.15) is 17.2 Å². The molecule has 1 saturated heterocycles. The molecular formula is C18H18ClN3O3S. The van der Waals surface area contributed by atoms with Gasteiger partial charge in [-0.05, 0) is 24.3 Å². The second-order valence-electron chi connectivity index (χ2n) is 5.83. The summed E-state index contributed by atoms with van der Waals surface area (Å²) in [4.78, 5) is -0.0000328. The lowest BCUT2D eigenvalue weighted by atomic mass is 10.0. The van der Waals surface area contributed by atoms with E-state index in [1.54, 1.807) is 7.11 Å². The van der Waals surface area contributed by atoms with Crippen molar-refractivity contribution in [1.29, 1.82) is 5.26 Å². The Hall–Kier alpha value is -2.11. The van der Waals surface area contributed by atoms with E-state index in [0.717, 1.165) is 5.56 Å². The maximum atomic E-state index is 13.3. The highest BCUT2D eigenvalue weighted by Crippen LogP contribution is 2.35. The number of hydrogen-bond acceptors (Lipinski definition) is 5. The number of rotatable bonds is 4. The van der Waals surface area contributed by atoms with E-state index in [9.17, 15) is 8.42 Å². The Labute approximate surface area is 158 Å². The zero-order valence-corrected chi connectivity index (χ0v) is 15.7. The second-order valence-corrected chi connectivity index (χ2v) is 8.10. The SMILES string of the molecule is COc1ccccc1C1CNCCN1S(=O)(=O)c1ccc(C#N)cc1Cl. The fourth-order valence-electron chi connectivity index (χ4n) is 3.09. The van der Waals surface area contributed by atoms with Gasteiger partial charge in [0.2, 0.25) is 10.0 Å². The molecule has 0 amide bonds. The van der Waals surface area contributed by atoms with Gasteiger partial charge < -0.3 is 10.1 Å². The summed E-state index contributed by atoms with van der Waals surface area (Å²) >= 11 is 6.17. The van der Waals surface area contributed by atoms with Gasteiger partial charge in [0.15, 0.2) is 0 Å². The van der Waals surface area contributed by atoms with Crippen LogP contribution in [0.25, 0.3) is 0 Å². The topological polar surface area (TPSA) is 82.4 Å². The minimum Gasteiger partial charge on any atom is -0.496 e. The van der Waals surface area contributed by atoms with Crippen LogP contribution < -0.4 is 10.1 Å². The Kier molecular flexibility index (Phi) is 5.49. The molecule has 1 aliphatic heterocycles. The number of nitrogens with zero attached hydrogens (tertiary/aromatic N) is 2. The summed E-state index contributed by atoms with van der Waals surface area (Å²) < 4.78 is 33.4. The van der Waals surface area contributed by atoms with Crippen molar-refractivity contribution in [2.45, 2.75) is 10.9 Å². The van der Waals surface area contributed by atoms with Gasteiger partial charge in [-0.3, -0.25) is 0 Å². The van der Waals surface area contributed by atoms with Crippen molar-refractivity contribution < 1.29 is 13.2 Å². The average molecular weight is 392 g/mol. The van der Waals surface area contributed by atoms with Gasteiger partial charge in [-0.1, -0.05) is 29.8 Å². The Morgan fingerprint density at radius 2 is 2.08 bits per heavy atom. The smallest absolute Gasteiger partial charge is 0.245 e. The number of ether oxygens (including phenoxy) is 1. The molecule has 0 radical (unpaired) electrons. The Morgan fingerprint density at radius 3 is 2.77 bits per heavy atom. The van der Waals surface area contributed by atoms with Crippen molar-refractivity contribution in [2.24, 2.45) is 0 Å². The molecule has 0 aromatic heterocycles. The van der Waals surface area contributed by atoms with Crippen LogP contribution in [0.5, 0.6) is 5.75 Å². The predicted octanol–water partition coefficient (Wildman–Crippen LogP) is 2.56. The number of para-hydroxylation sites is 1. The molecule has 26 heavy (non-hydrogen) atoms. The molecule has 1 unspecified atom stereocenters. The third kappa shape index (κ3) is 3.41. The van der Waals surface area contributed by atoms with Crippen molar-refractivity contribution in [1.82, 2.24) is 9.62 Å². The summed E-state index contributed by atoms with van der Waals surface area (Å²) in [5, 5.41) is 12.2. The molecule has 0 spiro atoms. The summed E-state index contributed by atoms with van der Waals surface area (Å²) in [7, 11) is -2.28. The molecule has 0 bridgehead atoms. The monoisotopic (exact) mass is 391 g/mol. The van der Waals surface area contributed by atoms with Gasteiger partial charge in [-0.15, -0.1) is 0 Å². The molecule has 1 heterocycles. The first-order chi connectivity index (χ1) is 12.5. The summed E-state index contributed by atoms with van der Waals surface area (Å²) in [5.41, 5.74) is 1.10. The quantitative estimate of drug-likeness (QED) is 0.866. The minimum atomic E-state index is -3.84. The lowest BCUT2D eigenvalue weighted by Gasteiger charge is -2.36. The molecule has 1 atom stereocenters. The molecule has 1 fully saturated rings. The first-order valence-corrected chi connectivity index (χ1v) is 9.86. The van der Waals surface area contributed by atoms with Gasteiger partial charge in [0.1, 0.15) is 10.6 Å².